The molecule has 1 saturated heterocycles. The quantitative estimate of drug-likeness (QED) is 0.736. The molecule has 0 aromatic rings. The highest BCUT2D eigenvalue weighted by Crippen LogP contribution is 2.23. The van der Waals surface area contributed by atoms with Crippen LogP contribution in [-0.2, 0) is 9.53 Å². The molecule has 0 radical (unpaired) electrons. The number of hydrogen-bond acceptors (Lipinski definition) is 3. The molecule has 5 heteroatoms. The number of rotatable bonds is 3. The Kier molecular flexibility index (Phi) is 3.69. The molecule has 1 heterocycles. The van der Waals surface area contributed by atoms with Crippen molar-refractivity contribution in [1.29, 1.82) is 0 Å². The lowest BCUT2D eigenvalue weighted by atomic mass is 9.83. The summed E-state index contributed by atoms with van der Waals surface area (Å²) in [4.78, 5) is 23.3. The fourth-order valence-electron chi connectivity index (χ4n) is 1.89. The standard InChI is InChI=1S/C12H22N2O3/c1-8(2)6-12(7-13-9(12)15)14-10(16)17-11(3,4)5/h8H,6-7H2,1-5H3,(H,13,15)(H,14,16). The van der Waals surface area contributed by atoms with Gasteiger partial charge in [0, 0.05) is 6.54 Å². The van der Waals surface area contributed by atoms with Crippen molar-refractivity contribution in [3.63, 3.8) is 0 Å². The molecular weight excluding hydrogens is 220 g/mol. The Labute approximate surface area is 102 Å². The van der Waals surface area contributed by atoms with E-state index >= 15 is 0 Å². The topological polar surface area (TPSA) is 67.4 Å². The Hall–Kier alpha value is -1.26. The maximum Gasteiger partial charge on any atom is 0.408 e. The molecule has 1 aliphatic rings. The van der Waals surface area contributed by atoms with Crippen LogP contribution >= 0.6 is 0 Å². The monoisotopic (exact) mass is 242 g/mol. The molecule has 0 spiro atoms. The van der Waals surface area contributed by atoms with Gasteiger partial charge in [-0.2, -0.15) is 0 Å². The van der Waals surface area contributed by atoms with Crippen molar-refractivity contribution in [3.8, 4) is 0 Å². The predicted octanol–water partition coefficient (Wildman–Crippen LogP) is 1.43. The molecule has 0 aromatic heterocycles. The van der Waals surface area contributed by atoms with Crippen LogP contribution in [0.2, 0.25) is 0 Å². The zero-order chi connectivity index (χ0) is 13.3. The highest BCUT2D eigenvalue weighted by Gasteiger charge is 2.48. The van der Waals surface area contributed by atoms with E-state index in [0.29, 0.717) is 18.9 Å². The molecule has 0 bridgehead atoms. The zero-order valence-electron chi connectivity index (χ0n) is 11.2. The summed E-state index contributed by atoms with van der Waals surface area (Å²) in [6.07, 6.45) is 0.0888. The third kappa shape index (κ3) is 3.61. The lowest BCUT2D eigenvalue weighted by Gasteiger charge is -2.42. The van der Waals surface area contributed by atoms with Crippen LogP contribution in [0.3, 0.4) is 0 Å². The van der Waals surface area contributed by atoms with Crippen LogP contribution in [0.1, 0.15) is 41.0 Å². The minimum absolute atomic E-state index is 0.128. The Balaban J connectivity index is 2.62. The van der Waals surface area contributed by atoms with Crippen LogP contribution in [0.15, 0.2) is 0 Å². The largest absolute Gasteiger partial charge is 0.444 e. The van der Waals surface area contributed by atoms with Gasteiger partial charge < -0.3 is 15.4 Å². The molecule has 0 aliphatic carbocycles. The number of carbonyl (C=O) groups is 2. The highest BCUT2D eigenvalue weighted by atomic mass is 16.6. The van der Waals surface area contributed by atoms with Crippen LogP contribution in [-0.4, -0.2) is 29.7 Å². The summed E-state index contributed by atoms with van der Waals surface area (Å²) in [7, 11) is 0. The van der Waals surface area contributed by atoms with Crippen LogP contribution < -0.4 is 10.6 Å². The van der Waals surface area contributed by atoms with Crippen molar-refractivity contribution < 1.29 is 14.3 Å². The van der Waals surface area contributed by atoms with E-state index in [9.17, 15) is 9.59 Å². The molecule has 1 rings (SSSR count). The predicted molar refractivity (Wildman–Crippen MR) is 64.6 cm³/mol. The fraction of sp³-hybridized carbons (Fsp3) is 0.833. The Bertz CT molecular complexity index is 320. The first kappa shape index (κ1) is 13.8. The van der Waals surface area contributed by atoms with Gasteiger partial charge in [-0.25, -0.2) is 4.79 Å². The van der Waals surface area contributed by atoms with Gasteiger partial charge in [0.2, 0.25) is 5.91 Å². The van der Waals surface area contributed by atoms with E-state index in [2.05, 4.69) is 10.6 Å². The molecular formula is C12H22N2O3. The van der Waals surface area contributed by atoms with Gasteiger partial charge in [0.05, 0.1) is 0 Å². The van der Waals surface area contributed by atoms with Gasteiger partial charge in [-0.15, -0.1) is 0 Å². The summed E-state index contributed by atoms with van der Waals surface area (Å²) in [6, 6.07) is 0. The summed E-state index contributed by atoms with van der Waals surface area (Å²) < 4.78 is 5.17. The first-order chi connectivity index (χ1) is 7.65. The number of nitrogens with one attached hydrogen (secondary N) is 2. The van der Waals surface area contributed by atoms with Gasteiger partial charge in [-0.3, -0.25) is 4.79 Å². The van der Waals surface area contributed by atoms with Crippen LogP contribution in [0.25, 0.3) is 0 Å². The molecule has 0 saturated carbocycles. The molecule has 2 amide bonds. The van der Waals surface area contributed by atoms with Gasteiger partial charge in [0.25, 0.3) is 0 Å². The van der Waals surface area contributed by atoms with Crippen LogP contribution in [0.4, 0.5) is 4.79 Å². The average Bonchev–Trinajstić information content (AvgIpc) is 2.10. The van der Waals surface area contributed by atoms with E-state index in [0.717, 1.165) is 0 Å². The summed E-state index contributed by atoms with van der Waals surface area (Å²) in [5, 5.41) is 5.36. The molecule has 1 atom stereocenters. The van der Waals surface area contributed by atoms with Crippen molar-refractivity contribution in [2.24, 2.45) is 5.92 Å². The van der Waals surface area contributed by atoms with Crippen molar-refractivity contribution >= 4 is 12.0 Å². The second-order valence-corrected chi connectivity index (χ2v) is 5.99. The van der Waals surface area contributed by atoms with Gasteiger partial charge in [0.15, 0.2) is 0 Å². The Morgan fingerprint density at radius 2 is 2.12 bits per heavy atom. The average molecular weight is 242 g/mol. The summed E-state index contributed by atoms with van der Waals surface area (Å²) in [5.41, 5.74) is -1.33. The molecule has 2 N–H and O–H groups in total. The van der Waals surface area contributed by atoms with Gasteiger partial charge in [-0.05, 0) is 33.1 Å². The maximum atomic E-state index is 11.7. The first-order valence-corrected chi connectivity index (χ1v) is 5.94. The van der Waals surface area contributed by atoms with Crippen molar-refractivity contribution in [1.82, 2.24) is 10.6 Å². The van der Waals surface area contributed by atoms with E-state index in [1.807, 2.05) is 13.8 Å². The van der Waals surface area contributed by atoms with E-state index in [1.165, 1.54) is 0 Å². The fourth-order valence-corrected chi connectivity index (χ4v) is 1.89. The second-order valence-electron chi connectivity index (χ2n) is 5.99. The highest BCUT2D eigenvalue weighted by molar-refractivity contribution is 5.95. The van der Waals surface area contributed by atoms with Gasteiger partial charge >= 0.3 is 6.09 Å². The van der Waals surface area contributed by atoms with E-state index in [1.54, 1.807) is 20.8 Å². The van der Waals surface area contributed by atoms with E-state index in [-0.39, 0.29) is 5.91 Å². The maximum absolute atomic E-state index is 11.7. The lowest BCUT2D eigenvalue weighted by molar-refractivity contribution is -0.136. The number of amides is 2. The SMILES string of the molecule is CC(C)CC1(NC(=O)OC(C)(C)C)CNC1=O. The number of alkyl carbamates (subject to hydrolysis) is 1. The third-order valence-electron chi connectivity index (χ3n) is 2.48. The van der Waals surface area contributed by atoms with E-state index in [4.69, 9.17) is 4.74 Å². The van der Waals surface area contributed by atoms with Crippen molar-refractivity contribution in [3.05, 3.63) is 0 Å². The Morgan fingerprint density at radius 1 is 1.53 bits per heavy atom. The number of β-lactam (4-membered cyclic amide) rings is 1. The smallest absolute Gasteiger partial charge is 0.408 e. The summed E-state index contributed by atoms with van der Waals surface area (Å²) >= 11 is 0. The molecule has 98 valence electrons. The third-order valence-corrected chi connectivity index (χ3v) is 2.48. The van der Waals surface area contributed by atoms with Gasteiger partial charge in [-0.1, -0.05) is 13.8 Å². The molecule has 0 aromatic carbocycles. The minimum atomic E-state index is -0.781. The van der Waals surface area contributed by atoms with Crippen LogP contribution in [0.5, 0.6) is 0 Å². The number of hydrogen-bond donors (Lipinski definition) is 2. The molecule has 1 fully saturated rings. The first-order valence-electron chi connectivity index (χ1n) is 5.94. The van der Waals surface area contributed by atoms with Gasteiger partial charge in [0.1, 0.15) is 11.1 Å². The zero-order valence-corrected chi connectivity index (χ0v) is 11.2. The summed E-state index contributed by atoms with van der Waals surface area (Å²) in [6.45, 7) is 9.89. The van der Waals surface area contributed by atoms with Crippen LogP contribution in [0, 0.1) is 5.92 Å². The van der Waals surface area contributed by atoms with E-state index < -0.39 is 17.2 Å². The van der Waals surface area contributed by atoms with Crippen molar-refractivity contribution in [2.75, 3.05) is 6.54 Å². The second kappa shape index (κ2) is 4.55. The number of ether oxygens (including phenoxy) is 1. The molecule has 5 nitrogen and oxygen atoms in total. The molecule has 17 heavy (non-hydrogen) atoms. The molecule has 1 aliphatic heterocycles. The summed E-state index contributed by atoms with van der Waals surface area (Å²) in [5.74, 6) is 0.202. The minimum Gasteiger partial charge on any atom is -0.444 e. The Morgan fingerprint density at radius 3 is 2.41 bits per heavy atom. The number of carbonyl (C=O) groups excluding carboxylic acids is 2. The lowest BCUT2D eigenvalue weighted by Crippen LogP contribution is -2.73. The molecule has 1 unspecified atom stereocenters. The van der Waals surface area contributed by atoms with Crippen molar-refractivity contribution in [2.45, 2.75) is 52.2 Å². The normalized spacial score (nSPS) is 24.0.